The van der Waals surface area contributed by atoms with E-state index in [0.29, 0.717) is 29.9 Å². The zero-order valence-electron chi connectivity index (χ0n) is 18.3. The number of thioether (sulfide) groups is 1. The van der Waals surface area contributed by atoms with Crippen LogP contribution >= 0.6 is 11.8 Å². The van der Waals surface area contributed by atoms with E-state index in [1.807, 2.05) is 28.8 Å². The molecule has 1 aromatic heterocycles. The summed E-state index contributed by atoms with van der Waals surface area (Å²) in [5.41, 5.74) is -0.348. The smallest absolute Gasteiger partial charge is 0.418 e. The molecule has 1 aliphatic rings. The minimum atomic E-state index is -4.56. The molecule has 1 N–H and O–H groups in total. The average Bonchev–Trinajstić information content (AvgIpc) is 3.48. The second kappa shape index (κ2) is 10.5. The summed E-state index contributed by atoms with van der Waals surface area (Å²) in [7, 11) is 1.59. The van der Waals surface area contributed by atoms with Gasteiger partial charge in [-0.15, -0.1) is 10.2 Å². The zero-order valence-corrected chi connectivity index (χ0v) is 19.2. The number of amides is 1. The molecular weight excluding hydrogens is 469 g/mol. The summed E-state index contributed by atoms with van der Waals surface area (Å²) in [6, 6.07) is 12.2. The van der Waals surface area contributed by atoms with Crippen LogP contribution in [0.4, 0.5) is 18.9 Å². The maximum atomic E-state index is 13.2. The molecule has 180 valence electrons. The molecular formula is C23H23F3N4O3S. The van der Waals surface area contributed by atoms with Gasteiger partial charge in [0.1, 0.15) is 5.75 Å². The van der Waals surface area contributed by atoms with Crippen molar-refractivity contribution in [1.29, 1.82) is 0 Å². The third kappa shape index (κ3) is 5.71. The molecule has 1 atom stereocenters. The highest BCUT2D eigenvalue weighted by Crippen LogP contribution is 2.35. The Labute approximate surface area is 198 Å². The lowest BCUT2D eigenvalue weighted by molar-refractivity contribution is -0.137. The molecule has 0 aliphatic carbocycles. The molecule has 7 nitrogen and oxygen atoms in total. The van der Waals surface area contributed by atoms with Crippen molar-refractivity contribution >= 4 is 23.4 Å². The molecule has 1 unspecified atom stereocenters. The van der Waals surface area contributed by atoms with Gasteiger partial charge in [0.2, 0.25) is 5.91 Å². The van der Waals surface area contributed by atoms with Crippen molar-refractivity contribution in [2.24, 2.45) is 0 Å². The molecule has 4 rings (SSSR count). The molecule has 34 heavy (non-hydrogen) atoms. The Morgan fingerprint density at radius 2 is 1.97 bits per heavy atom. The first-order valence-electron chi connectivity index (χ1n) is 10.6. The second-order valence-electron chi connectivity index (χ2n) is 7.66. The standard InChI is InChI=1S/C23H23F3N4O3S/c1-32-16-10-8-15(9-11-16)21-28-29-22(30(21)13-17-5-4-12-33-17)34-14-20(31)27-19-7-3-2-6-18(19)23(24,25)26/h2-3,6-11,17H,4-5,12-14H2,1H3,(H,27,31). The van der Waals surface area contributed by atoms with E-state index in [0.717, 1.165) is 36.2 Å². The van der Waals surface area contributed by atoms with Crippen LogP contribution in [0.15, 0.2) is 53.7 Å². The van der Waals surface area contributed by atoms with Crippen LogP contribution in [0.25, 0.3) is 11.4 Å². The number of nitrogens with zero attached hydrogens (tertiary/aromatic N) is 3. The van der Waals surface area contributed by atoms with E-state index in [1.165, 1.54) is 18.2 Å². The summed E-state index contributed by atoms with van der Waals surface area (Å²) in [5.74, 6) is 0.626. The molecule has 0 radical (unpaired) electrons. The van der Waals surface area contributed by atoms with Crippen molar-refractivity contribution in [1.82, 2.24) is 14.8 Å². The number of anilines is 1. The number of para-hydroxylation sites is 1. The first kappa shape index (κ1) is 24.1. The summed E-state index contributed by atoms with van der Waals surface area (Å²) in [5, 5.41) is 11.4. The molecule has 1 fully saturated rings. The van der Waals surface area contributed by atoms with Gasteiger partial charge < -0.3 is 14.8 Å². The number of halogens is 3. The number of carbonyl (C=O) groups is 1. The topological polar surface area (TPSA) is 78.3 Å². The van der Waals surface area contributed by atoms with Crippen LogP contribution in [0, 0.1) is 0 Å². The fraction of sp³-hybridized carbons (Fsp3) is 0.348. The summed E-state index contributed by atoms with van der Waals surface area (Å²) in [6.07, 6.45) is -2.70. The number of rotatable bonds is 8. The van der Waals surface area contributed by atoms with Crippen LogP contribution in [-0.4, -0.2) is 46.2 Å². The van der Waals surface area contributed by atoms with E-state index in [9.17, 15) is 18.0 Å². The van der Waals surface area contributed by atoms with Crippen LogP contribution < -0.4 is 10.1 Å². The first-order chi connectivity index (χ1) is 16.3. The van der Waals surface area contributed by atoms with Crippen molar-refractivity contribution in [3.8, 4) is 17.1 Å². The second-order valence-corrected chi connectivity index (χ2v) is 8.60. The van der Waals surface area contributed by atoms with Gasteiger partial charge in [-0.1, -0.05) is 23.9 Å². The van der Waals surface area contributed by atoms with Crippen LogP contribution in [0.2, 0.25) is 0 Å². The normalized spacial score (nSPS) is 15.9. The lowest BCUT2D eigenvalue weighted by atomic mass is 10.1. The number of methoxy groups -OCH3 is 1. The Bertz CT molecular complexity index is 1130. The van der Waals surface area contributed by atoms with E-state index in [-0.39, 0.29) is 17.5 Å². The minimum Gasteiger partial charge on any atom is -0.497 e. The Hall–Kier alpha value is -3.05. The fourth-order valence-corrected chi connectivity index (χ4v) is 4.41. The summed E-state index contributed by atoms with van der Waals surface area (Å²) in [4.78, 5) is 12.5. The number of alkyl halides is 3. The number of aromatic nitrogens is 3. The lowest BCUT2D eigenvalue weighted by Crippen LogP contribution is -2.19. The third-order valence-corrected chi connectivity index (χ3v) is 6.28. The highest BCUT2D eigenvalue weighted by Gasteiger charge is 2.33. The van der Waals surface area contributed by atoms with E-state index < -0.39 is 17.6 Å². The van der Waals surface area contributed by atoms with Crippen molar-refractivity contribution in [2.45, 2.75) is 36.8 Å². The van der Waals surface area contributed by atoms with Gasteiger partial charge in [-0.25, -0.2) is 0 Å². The van der Waals surface area contributed by atoms with Crippen LogP contribution in [0.5, 0.6) is 5.75 Å². The predicted octanol–water partition coefficient (Wildman–Crippen LogP) is 4.88. The van der Waals surface area contributed by atoms with Gasteiger partial charge in [0, 0.05) is 12.2 Å². The van der Waals surface area contributed by atoms with Crippen molar-refractivity contribution in [3.63, 3.8) is 0 Å². The fourth-order valence-electron chi connectivity index (χ4n) is 3.66. The lowest BCUT2D eigenvalue weighted by Gasteiger charge is -2.15. The summed E-state index contributed by atoms with van der Waals surface area (Å²) < 4.78 is 52.5. The van der Waals surface area contributed by atoms with Gasteiger partial charge in [0.05, 0.1) is 36.8 Å². The molecule has 3 aromatic rings. The van der Waals surface area contributed by atoms with E-state index in [2.05, 4.69) is 15.5 Å². The third-order valence-electron chi connectivity index (χ3n) is 5.31. The monoisotopic (exact) mass is 492 g/mol. The number of ether oxygens (including phenoxy) is 2. The van der Waals surface area contributed by atoms with Gasteiger partial charge in [-0.3, -0.25) is 9.36 Å². The van der Waals surface area contributed by atoms with Gasteiger partial charge in [0.15, 0.2) is 11.0 Å². The van der Waals surface area contributed by atoms with E-state index in [4.69, 9.17) is 9.47 Å². The van der Waals surface area contributed by atoms with Gasteiger partial charge in [-0.2, -0.15) is 13.2 Å². The van der Waals surface area contributed by atoms with Gasteiger partial charge in [0.25, 0.3) is 0 Å². The molecule has 1 aliphatic heterocycles. The predicted molar refractivity (Wildman–Crippen MR) is 122 cm³/mol. The molecule has 1 amide bonds. The maximum Gasteiger partial charge on any atom is 0.418 e. The minimum absolute atomic E-state index is 0.000151. The molecule has 11 heteroatoms. The number of carbonyl (C=O) groups excluding carboxylic acids is 1. The van der Waals surface area contributed by atoms with Crippen molar-refractivity contribution in [3.05, 3.63) is 54.1 Å². The quantitative estimate of drug-likeness (QED) is 0.452. The SMILES string of the molecule is COc1ccc(-c2nnc(SCC(=O)Nc3ccccc3C(F)(F)F)n2CC2CCCO2)cc1. The highest BCUT2D eigenvalue weighted by atomic mass is 32.2. The Morgan fingerprint density at radius 1 is 1.21 bits per heavy atom. The maximum absolute atomic E-state index is 13.2. The molecule has 2 heterocycles. The number of hydrogen-bond acceptors (Lipinski definition) is 6. The molecule has 1 saturated heterocycles. The van der Waals surface area contributed by atoms with Crippen LogP contribution in [0.1, 0.15) is 18.4 Å². The van der Waals surface area contributed by atoms with Crippen LogP contribution in [-0.2, 0) is 22.3 Å². The molecule has 0 spiro atoms. The van der Waals surface area contributed by atoms with Crippen molar-refractivity contribution in [2.75, 3.05) is 24.8 Å². The Kier molecular flexibility index (Phi) is 7.42. The zero-order chi connectivity index (χ0) is 24.1. The molecule has 0 saturated carbocycles. The van der Waals surface area contributed by atoms with Crippen molar-refractivity contribution < 1.29 is 27.4 Å². The van der Waals surface area contributed by atoms with Gasteiger partial charge >= 0.3 is 6.18 Å². The van der Waals surface area contributed by atoms with Crippen LogP contribution in [0.3, 0.4) is 0 Å². The van der Waals surface area contributed by atoms with E-state index >= 15 is 0 Å². The Morgan fingerprint density at radius 3 is 2.65 bits per heavy atom. The molecule has 0 bridgehead atoms. The largest absolute Gasteiger partial charge is 0.497 e. The number of hydrogen-bond donors (Lipinski definition) is 1. The summed E-state index contributed by atoms with van der Waals surface area (Å²) in [6.45, 7) is 1.20. The summed E-state index contributed by atoms with van der Waals surface area (Å²) >= 11 is 1.11. The Balaban J connectivity index is 1.51. The molecule has 2 aromatic carbocycles. The average molecular weight is 493 g/mol. The number of nitrogens with one attached hydrogen (secondary N) is 1. The van der Waals surface area contributed by atoms with E-state index in [1.54, 1.807) is 7.11 Å². The highest BCUT2D eigenvalue weighted by molar-refractivity contribution is 7.99. The van der Waals surface area contributed by atoms with Gasteiger partial charge in [-0.05, 0) is 49.2 Å². The first-order valence-corrected chi connectivity index (χ1v) is 11.6. The number of benzene rings is 2.